The third-order valence-corrected chi connectivity index (χ3v) is 5.95. The first kappa shape index (κ1) is 16.6. The van der Waals surface area contributed by atoms with E-state index < -0.39 is 21.0 Å². The highest BCUT2D eigenvalue weighted by molar-refractivity contribution is 7.92. The summed E-state index contributed by atoms with van der Waals surface area (Å²) in [5.41, 5.74) is 0.910. The number of aromatic nitrogens is 4. The molecule has 1 aliphatic carbocycles. The van der Waals surface area contributed by atoms with Gasteiger partial charge in [0.2, 0.25) is 5.91 Å². The predicted octanol–water partition coefficient (Wildman–Crippen LogP) is 0.628. The summed E-state index contributed by atoms with van der Waals surface area (Å²) in [4.78, 5) is 12.2. The molecular weight excluding hydrogens is 330 g/mol. The average molecular weight is 349 g/mol. The number of nitrogens with zero attached hydrogens (tertiary/aromatic N) is 4. The molecule has 1 unspecified atom stereocenters. The Balaban J connectivity index is 1.62. The van der Waals surface area contributed by atoms with Crippen LogP contribution in [0.2, 0.25) is 0 Å². The number of hydrogen-bond donors (Lipinski definition) is 1. The SMILES string of the molecule is CC(C(=O)NCc1ccccc1)S(=O)(=O)Cc1nnnn1C1CC1. The van der Waals surface area contributed by atoms with Crippen molar-refractivity contribution in [3.63, 3.8) is 0 Å². The molecule has 0 bridgehead atoms. The highest BCUT2D eigenvalue weighted by atomic mass is 32.2. The van der Waals surface area contributed by atoms with Crippen LogP contribution in [0.5, 0.6) is 0 Å². The second kappa shape index (κ2) is 6.68. The van der Waals surface area contributed by atoms with Gasteiger partial charge in [0.25, 0.3) is 0 Å². The first-order valence-corrected chi connectivity index (χ1v) is 9.49. The van der Waals surface area contributed by atoms with Crippen molar-refractivity contribution in [1.29, 1.82) is 0 Å². The van der Waals surface area contributed by atoms with Gasteiger partial charge in [-0.1, -0.05) is 30.3 Å². The van der Waals surface area contributed by atoms with Gasteiger partial charge < -0.3 is 5.32 Å². The van der Waals surface area contributed by atoms with E-state index >= 15 is 0 Å². The van der Waals surface area contributed by atoms with Gasteiger partial charge in [0.05, 0.1) is 6.04 Å². The van der Waals surface area contributed by atoms with Crippen molar-refractivity contribution in [3.05, 3.63) is 41.7 Å². The average Bonchev–Trinajstić information content (AvgIpc) is 3.32. The van der Waals surface area contributed by atoms with Crippen LogP contribution in [0.4, 0.5) is 0 Å². The van der Waals surface area contributed by atoms with E-state index in [2.05, 4.69) is 20.8 Å². The summed E-state index contributed by atoms with van der Waals surface area (Å²) in [6, 6.07) is 9.51. The van der Waals surface area contributed by atoms with Gasteiger partial charge in [-0.15, -0.1) is 5.10 Å². The number of nitrogens with one attached hydrogen (secondary N) is 1. The third kappa shape index (κ3) is 3.78. The van der Waals surface area contributed by atoms with Crippen molar-refractivity contribution in [2.24, 2.45) is 0 Å². The Labute approximate surface area is 140 Å². The van der Waals surface area contributed by atoms with Gasteiger partial charge in [-0.25, -0.2) is 13.1 Å². The van der Waals surface area contributed by atoms with Crippen molar-refractivity contribution >= 4 is 15.7 Å². The zero-order valence-electron chi connectivity index (χ0n) is 13.3. The van der Waals surface area contributed by atoms with E-state index in [1.165, 1.54) is 6.92 Å². The Morgan fingerprint density at radius 1 is 1.33 bits per heavy atom. The van der Waals surface area contributed by atoms with E-state index in [4.69, 9.17) is 0 Å². The molecule has 24 heavy (non-hydrogen) atoms. The lowest BCUT2D eigenvalue weighted by Gasteiger charge is -2.13. The lowest BCUT2D eigenvalue weighted by atomic mass is 10.2. The summed E-state index contributed by atoms with van der Waals surface area (Å²) in [5.74, 6) is -0.569. The lowest BCUT2D eigenvalue weighted by Crippen LogP contribution is -2.38. The van der Waals surface area contributed by atoms with E-state index in [0.29, 0.717) is 12.4 Å². The van der Waals surface area contributed by atoms with Crippen molar-refractivity contribution in [1.82, 2.24) is 25.5 Å². The maximum absolute atomic E-state index is 12.5. The standard InChI is InChI=1S/C15H19N5O3S/c1-11(15(21)16-9-12-5-3-2-4-6-12)24(22,23)10-14-17-18-19-20(14)13-7-8-13/h2-6,11,13H,7-10H2,1H3,(H,16,21). The second-order valence-electron chi connectivity index (χ2n) is 5.92. The van der Waals surface area contributed by atoms with Crippen LogP contribution in [-0.4, -0.2) is 39.8 Å². The molecular formula is C15H19N5O3S. The minimum atomic E-state index is -3.69. The van der Waals surface area contributed by atoms with Gasteiger partial charge in [-0.05, 0) is 35.8 Å². The monoisotopic (exact) mass is 349 g/mol. The first-order valence-electron chi connectivity index (χ1n) is 7.77. The van der Waals surface area contributed by atoms with Crippen LogP contribution in [-0.2, 0) is 26.9 Å². The molecule has 128 valence electrons. The van der Waals surface area contributed by atoms with Crippen molar-refractivity contribution in [2.75, 3.05) is 0 Å². The van der Waals surface area contributed by atoms with Gasteiger partial charge in [-0.2, -0.15) is 0 Å². The van der Waals surface area contributed by atoms with Crippen LogP contribution in [0.25, 0.3) is 0 Å². The maximum Gasteiger partial charge on any atom is 0.238 e. The molecule has 0 radical (unpaired) electrons. The Bertz CT molecular complexity index is 815. The quantitative estimate of drug-likeness (QED) is 0.785. The second-order valence-corrected chi connectivity index (χ2v) is 8.25. The molecule has 1 amide bonds. The predicted molar refractivity (Wildman–Crippen MR) is 86.5 cm³/mol. The normalized spacial score (nSPS) is 15.9. The minimum absolute atomic E-state index is 0.187. The summed E-state index contributed by atoms with van der Waals surface area (Å²) in [5, 5.41) is 12.7. The van der Waals surface area contributed by atoms with Crippen LogP contribution < -0.4 is 5.32 Å². The molecule has 1 heterocycles. The number of carbonyl (C=O) groups is 1. The van der Waals surface area contributed by atoms with Crippen LogP contribution >= 0.6 is 0 Å². The summed E-state index contributed by atoms with van der Waals surface area (Å²) in [6.07, 6.45) is 1.90. The fraction of sp³-hybridized carbons (Fsp3) is 0.467. The Morgan fingerprint density at radius 3 is 2.71 bits per heavy atom. The molecule has 1 aromatic heterocycles. The molecule has 2 aromatic rings. The molecule has 8 nitrogen and oxygen atoms in total. The zero-order chi connectivity index (χ0) is 17.2. The van der Waals surface area contributed by atoms with Gasteiger partial charge in [0.15, 0.2) is 15.7 Å². The van der Waals surface area contributed by atoms with E-state index in [9.17, 15) is 13.2 Å². The molecule has 1 fully saturated rings. The molecule has 1 aliphatic rings. The summed E-state index contributed by atoms with van der Waals surface area (Å²) in [7, 11) is -3.69. The van der Waals surface area contributed by atoms with Gasteiger partial charge in [0, 0.05) is 6.54 Å². The van der Waals surface area contributed by atoms with Gasteiger partial charge >= 0.3 is 0 Å². The number of hydrogen-bond acceptors (Lipinski definition) is 6. The Morgan fingerprint density at radius 2 is 2.04 bits per heavy atom. The van der Waals surface area contributed by atoms with Crippen molar-refractivity contribution in [3.8, 4) is 0 Å². The summed E-state index contributed by atoms with van der Waals surface area (Å²) >= 11 is 0. The third-order valence-electron chi connectivity index (χ3n) is 4.00. The van der Waals surface area contributed by atoms with Crippen LogP contribution in [0, 0.1) is 0 Å². The molecule has 3 rings (SSSR count). The van der Waals surface area contributed by atoms with Gasteiger partial charge in [-0.3, -0.25) is 4.79 Å². The molecule has 1 atom stereocenters. The molecule has 0 aliphatic heterocycles. The fourth-order valence-corrected chi connectivity index (χ4v) is 3.52. The largest absolute Gasteiger partial charge is 0.351 e. The number of sulfone groups is 1. The van der Waals surface area contributed by atoms with E-state index in [-0.39, 0.29) is 11.8 Å². The van der Waals surface area contributed by atoms with Crippen LogP contribution in [0.3, 0.4) is 0 Å². The number of tetrazole rings is 1. The summed E-state index contributed by atoms with van der Waals surface area (Å²) < 4.78 is 26.5. The molecule has 1 saturated carbocycles. The lowest BCUT2D eigenvalue weighted by molar-refractivity contribution is -0.120. The highest BCUT2D eigenvalue weighted by Crippen LogP contribution is 2.34. The molecule has 1 N–H and O–H groups in total. The Kier molecular flexibility index (Phi) is 4.61. The number of benzene rings is 1. The molecule has 0 spiro atoms. The fourth-order valence-electron chi connectivity index (χ4n) is 2.31. The smallest absolute Gasteiger partial charge is 0.238 e. The minimum Gasteiger partial charge on any atom is -0.351 e. The van der Waals surface area contributed by atoms with E-state index in [0.717, 1.165) is 18.4 Å². The Hall–Kier alpha value is -2.29. The van der Waals surface area contributed by atoms with Gasteiger partial charge in [0.1, 0.15) is 11.0 Å². The summed E-state index contributed by atoms with van der Waals surface area (Å²) in [6.45, 7) is 1.68. The van der Waals surface area contributed by atoms with Crippen LogP contribution in [0.15, 0.2) is 30.3 Å². The first-order chi connectivity index (χ1) is 11.5. The number of rotatable bonds is 7. The van der Waals surface area contributed by atoms with E-state index in [1.807, 2.05) is 30.3 Å². The van der Waals surface area contributed by atoms with Crippen molar-refractivity contribution < 1.29 is 13.2 Å². The van der Waals surface area contributed by atoms with Crippen LogP contribution in [0.1, 0.15) is 37.2 Å². The number of amides is 1. The molecule has 9 heteroatoms. The number of carbonyl (C=O) groups excluding carboxylic acids is 1. The highest BCUT2D eigenvalue weighted by Gasteiger charge is 2.33. The maximum atomic E-state index is 12.5. The molecule has 0 saturated heterocycles. The van der Waals surface area contributed by atoms with E-state index in [1.54, 1.807) is 4.68 Å². The zero-order valence-corrected chi connectivity index (χ0v) is 14.1. The molecule has 1 aromatic carbocycles. The topological polar surface area (TPSA) is 107 Å². The van der Waals surface area contributed by atoms with Crippen molar-refractivity contribution in [2.45, 2.75) is 43.4 Å².